The van der Waals surface area contributed by atoms with Crippen LogP contribution in [-0.4, -0.2) is 4.98 Å². The standard InChI is InChI=1S/C18H24N2S/c1-13(14-8-4-2-5-9-14)12-16-17(19)21-18(20-16)15-10-6-3-7-11-15/h2,4-5,8-9,13,15H,3,6-7,10-12,19H2,1H3. The normalized spacial score (nSPS) is 17.8. The molecule has 0 saturated heterocycles. The van der Waals surface area contributed by atoms with Crippen molar-refractivity contribution in [2.24, 2.45) is 0 Å². The maximum absolute atomic E-state index is 6.23. The Labute approximate surface area is 131 Å². The minimum atomic E-state index is 0.467. The first kappa shape index (κ1) is 14.6. The lowest BCUT2D eigenvalue weighted by Crippen LogP contribution is -2.05. The molecule has 0 bridgehead atoms. The summed E-state index contributed by atoms with van der Waals surface area (Å²) in [5.41, 5.74) is 8.70. The molecule has 3 rings (SSSR count). The number of hydrogen-bond acceptors (Lipinski definition) is 3. The predicted octanol–water partition coefficient (Wildman–Crippen LogP) is 5.12. The number of nitrogens with two attached hydrogens (primary N) is 1. The Morgan fingerprint density at radius 3 is 2.62 bits per heavy atom. The molecule has 1 saturated carbocycles. The van der Waals surface area contributed by atoms with Gasteiger partial charge in [0.1, 0.15) is 5.00 Å². The van der Waals surface area contributed by atoms with Crippen molar-refractivity contribution >= 4 is 16.3 Å². The first-order valence-corrected chi connectivity index (χ1v) is 8.85. The molecule has 0 radical (unpaired) electrons. The molecule has 1 atom stereocenters. The van der Waals surface area contributed by atoms with E-state index >= 15 is 0 Å². The molecule has 1 aromatic carbocycles. The van der Waals surface area contributed by atoms with Gasteiger partial charge in [-0.1, -0.05) is 56.5 Å². The number of benzene rings is 1. The SMILES string of the molecule is CC(Cc1nc(C2CCCCC2)sc1N)c1ccccc1. The van der Waals surface area contributed by atoms with Crippen molar-refractivity contribution in [1.82, 2.24) is 4.98 Å². The molecular weight excluding hydrogens is 276 g/mol. The zero-order valence-electron chi connectivity index (χ0n) is 12.7. The fraction of sp³-hybridized carbons (Fsp3) is 0.500. The number of hydrogen-bond donors (Lipinski definition) is 1. The van der Waals surface area contributed by atoms with Crippen molar-refractivity contribution < 1.29 is 0 Å². The third-order valence-corrected chi connectivity index (χ3v) is 5.66. The molecule has 1 unspecified atom stereocenters. The molecule has 1 aliphatic rings. The van der Waals surface area contributed by atoms with Gasteiger partial charge in [-0.3, -0.25) is 0 Å². The monoisotopic (exact) mass is 300 g/mol. The predicted molar refractivity (Wildman–Crippen MR) is 90.9 cm³/mol. The minimum Gasteiger partial charge on any atom is -0.389 e. The fourth-order valence-corrected chi connectivity index (χ4v) is 4.27. The first-order valence-electron chi connectivity index (χ1n) is 8.04. The highest BCUT2D eigenvalue weighted by Crippen LogP contribution is 2.37. The maximum atomic E-state index is 6.23. The average Bonchev–Trinajstić information content (AvgIpc) is 2.90. The number of anilines is 1. The fourth-order valence-electron chi connectivity index (χ4n) is 3.24. The third-order valence-electron chi connectivity index (χ3n) is 4.57. The molecule has 2 N–H and O–H groups in total. The summed E-state index contributed by atoms with van der Waals surface area (Å²) < 4.78 is 0. The second-order valence-corrected chi connectivity index (χ2v) is 7.28. The molecule has 1 aromatic heterocycles. The van der Waals surface area contributed by atoms with Gasteiger partial charge in [0.25, 0.3) is 0 Å². The van der Waals surface area contributed by atoms with E-state index in [-0.39, 0.29) is 0 Å². The summed E-state index contributed by atoms with van der Waals surface area (Å²) in [6.45, 7) is 2.26. The van der Waals surface area contributed by atoms with Crippen molar-refractivity contribution in [1.29, 1.82) is 0 Å². The van der Waals surface area contributed by atoms with Gasteiger partial charge in [0.05, 0.1) is 10.7 Å². The highest BCUT2D eigenvalue weighted by Gasteiger charge is 2.21. The van der Waals surface area contributed by atoms with Gasteiger partial charge in [0, 0.05) is 5.92 Å². The van der Waals surface area contributed by atoms with E-state index in [0.29, 0.717) is 11.8 Å². The van der Waals surface area contributed by atoms with Crippen LogP contribution in [-0.2, 0) is 6.42 Å². The number of rotatable bonds is 4. The number of nitrogens with zero attached hydrogens (tertiary/aromatic N) is 1. The van der Waals surface area contributed by atoms with Gasteiger partial charge < -0.3 is 5.73 Å². The molecule has 2 aromatic rings. The second kappa shape index (κ2) is 6.61. The molecular formula is C18H24N2S. The van der Waals surface area contributed by atoms with Crippen LogP contribution < -0.4 is 5.73 Å². The molecule has 0 spiro atoms. The van der Waals surface area contributed by atoms with Crippen molar-refractivity contribution in [3.8, 4) is 0 Å². The Kier molecular flexibility index (Phi) is 4.59. The van der Waals surface area contributed by atoms with E-state index in [0.717, 1.165) is 17.1 Å². The Morgan fingerprint density at radius 1 is 1.19 bits per heavy atom. The lowest BCUT2D eigenvalue weighted by molar-refractivity contribution is 0.442. The van der Waals surface area contributed by atoms with Crippen LogP contribution in [0.3, 0.4) is 0 Å². The third kappa shape index (κ3) is 3.46. The zero-order valence-corrected chi connectivity index (χ0v) is 13.5. The van der Waals surface area contributed by atoms with Crippen molar-refractivity contribution in [2.45, 2.75) is 57.3 Å². The molecule has 3 heteroatoms. The molecule has 0 amide bonds. The average molecular weight is 300 g/mol. The number of aromatic nitrogens is 1. The minimum absolute atomic E-state index is 0.467. The lowest BCUT2D eigenvalue weighted by atomic mass is 9.90. The Hall–Kier alpha value is -1.35. The summed E-state index contributed by atoms with van der Waals surface area (Å²) in [6, 6.07) is 10.6. The molecule has 21 heavy (non-hydrogen) atoms. The van der Waals surface area contributed by atoms with Gasteiger partial charge >= 0.3 is 0 Å². The van der Waals surface area contributed by atoms with E-state index < -0.39 is 0 Å². The number of thiazole rings is 1. The molecule has 0 aliphatic heterocycles. The van der Waals surface area contributed by atoms with Crippen LogP contribution in [0.2, 0.25) is 0 Å². The molecule has 1 heterocycles. The van der Waals surface area contributed by atoms with Gasteiger partial charge in [-0.05, 0) is 30.7 Å². The van der Waals surface area contributed by atoms with Gasteiger partial charge in [0.2, 0.25) is 0 Å². The van der Waals surface area contributed by atoms with Gasteiger partial charge in [0.15, 0.2) is 0 Å². The van der Waals surface area contributed by atoms with Crippen molar-refractivity contribution in [3.63, 3.8) is 0 Å². The highest BCUT2D eigenvalue weighted by molar-refractivity contribution is 7.15. The summed E-state index contributed by atoms with van der Waals surface area (Å²) in [6.07, 6.45) is 7.61. The zero-order chi connectivity index (χ0) is 14.7. The molecule has 2 nitrogen and oxygen atoms in total. The van der Waals surface area contributed by atoms with E-state index in [1.54, 1.807) is 11.3 Å². The summed E-state index contributed by atoms with van der Waals surface area (Å²) in [4.78, 5) is 4.89. The van der Waals surface area contributed by atoms with Gasteiger partial charge in [-0.2, -0.15) is 0 Å². The smallest absolute Gasteiger partial charge is 0.109 e. The topological polar surface area (TPSA) is 38.9 Å². The largest absolute Gasteiger partial charge is 0.389 e. The summed E-state index contributed by atoms with van der Waals surface area (Å²) in [5.74, 6) is 1.13. The number of nitrogen functional groups attached to an aromatic ring is 1. The van der Waals surface area contributed by atoms with Crippen molar-refractivity contribution in [3.05, 3.63) is 46.6 Å². The molecule has 1 fully saturated rings. The van der Waals surface area contributed by atoms with E-state index in [9.17, 15) is 0 Å². The van der Waals surface area contributed by atoms with Crippen LogP contribution in [0.15, 0.2) is 30.3 Å². The maximum Gasteiger partial charge on any atom is 0.109 e. The second-order valence-electron chi connectivity index (χ2n) is 6.21. The first-order chi connectivity index (χ1) is 10.2. The van der Waals surface area contributed by atoms with Crippen LogP contribution >= 0.6 is 11.3 Å². The van der Waals surface area contributed by atoms with E-state index in [1.807, 2.05) is 0 Å². The van der Waals surface area contributed by atoms with Crippen LogP contribution in [0.1, 0.15) is 67.1 Å². The Balaban J connectivity index is 1.72. The van der Waals surface area contributed by atoms with Gasteiger partial charge in [-0.15, -0.1) is 11.3 Å². The van der Waals surface area contributed by atoms with E-state index in [2.05, 4.69) is 37.3 Å². The molecule has 1 aliphatic carbocycles. The Morgan fingerprint density at radius 2 is 1.90 bits per heavy atom. The van der Waals surface area contributed by atoms with Crippen LogP contribution in [0.25, 0.3) is 0 Å². The highest BCUT2D eigenvalue weighted by atomic mass is 32.1. The van der Waals surface area contributed by atoms with E-state index in [4.69, 9.17) is 10.7 Å². The summed E-state index contributed by atoms with van der Waals surface area (Å²) in [7, 11) is 0. The quantitative estimate of drug-likeness (QED) is 0.851. The lowest BCUT2D eigenvalue weighted by Gasteiger charge is -2.18. The van der Waals surface area contributed by atoms with Crippen LogP contribution in [0, 0.1) is 0 Å². The summed E-state index contributed by atoms with van der Waals surface area (Å²) in [5, 5.41) is 2.21. The molecule has 112 valence electrons. The van der Waals surface area contributed by atoms with E-state index in [1.165, 1.54) is 42.7 Å². The van der Waals surface area contributed by atoms with Crippen LogP contribution in [0.4, 0.5) is 5.00 Å². The summed E-state index contributed by atoms with van der Waals surface area (Å²) >= 11 is 1.72. The van der Waals surface area contributed by atoms with Crippen LogP contribution in [0.5, 0.6) is 0 Å². The van der Waals surface area contributed by atoms with Gasteiger partial charge in [-0.25, -0.2) is 4.98 Å². The van der Waals surface area contributed by atoms with Crippen molar-refractivity contribution in [2.75, 3.05) is 5.73 Å². The Bertz CT molecular complexity index is 570.